The van der Waals surface area contributed by atoms with Crippen LogP contribution in [0.1, 0.15) is 33.1 Å². The first kappa shape index (κ1) is 10.7. The number of ether oxygens (including phenoxy) is 1. The molecule has 0 aliphatic carbocycles. The lowest BCUT2D eigenvalue weighted by atomic mass is 9.95. The summed E-state index contributed by atoms with van der Waals surface area (Å²) >= 11 is 0. The molecule has 2 aliphatic rings. The molecule has 86 valence electrons. The zero-order valence-corrected chi connectivity index (χ0v) is 9.53. The summed E-state index contributed by atoms with van der Waals surface area (Å²) in [4.78, 5) is 13.5. The Bertz CT molecular complexity index is 243. The Kier molecular flexibility index (Phi) is 3.14. The number of hydrogen-bond acceptors (Lipinski definition) is 3. The Hall–Kier alpha value is -0.770. The van der Waals surface area contributed by atoms with E-state index in [0.717, 1.165) is 6.54 Å². The normalized spacial score (nSPS) is 32.9. The van der Waals surface area contributed by atoms with Gasteiger partial charge in [0.1, 0.15) is 6.61 Å². The van der Waals surface area contributed by atoms with E-state index in [1.54, 1.807) is 0 Å². The highest BCUT2D eigenvalue weighted by Crippen LogP contribution is 2.23. The van der Waals surface area contributed by atoms with Gasteiger partial charge < -0.3 is 10.1 Å². The molecule has 2 rings (SSSR count). The van der Waals surface area contributed by atoms with Gasteiger partial charge in [-0.25, -0.2) is 4.79 Å². The average molecular weight is 212 g/mol. The number of amides is 1. The van der Waals surface area contributed by atoms with E-state index in [4.69, 9.17) is 4.74 Å². The Morgan fingerprint density at radius 3 is 2.87 bits per heavy atom. The van der Waals surface area contributed by atoms with Crippen LogP contribution in [0, 0.1) is 0 Å². The van der Waals surface area contributed by atoms with Crippen molar-refractivity contribution in [1.82, 2.24) is 10.2 Å². The van der Waals surface area contributed by atoms with E-state index in [9.17, 15) is 4.79 Å². The van der Waals surface area contributed by atoms with Gasteiger partial charge in [0, 0.05) is 12.1 Å². The molecule has 0 bridgehead atoms. The van der Waals surface area contributed by atoms with Gasteiger partial charge in [-0.3, -0.25) is 4.90 Å². The molecule has 1 N–H and O–H groups in total. The predicted octanol–water partition coefficient (Wildman–Crippen LogP) is 1.36. The van der Waals surface area contributed by atoms with Gasteiger partial charge in [-0.05, 0) is 33.2 Å². The predicted molar refractivity (Wildman–Crippen MR) is 57.8 cm³/mol. The lowest BCUT2D eigenvalue weighted by molar-refractivity contribution is 0.0836. The summed E-state index contributed by atoms with van der Waals surface area (Å²) in [6.45, 7) is 6.12. The van der Waals surface area contributed by atoms with Crippen molar-refractivity contribution in [2.45, 2.75) is 51.2 Å². The minimum Gasteiger partial charge on any atom is -0.447 e. The number of piperidine rings is 1. The highest BCUT2D eigenvalue weighted by Gasteiger charge is 2.36. The second-order valence-electron chi connectivity index (χ2n) is 4.74. The van der Waals surface area contributed by atoms with Gasteiger partial charge in [0.2, 0.25) is 0 Å². The lowest BCUT2D eigenvalue weighted by Crippen LogP contribution is -2.54. The quantitative estimate of drug-likeness (QED) is 0.751. The minimum absolute atomic E-state index is 0.195. The number of alkyl carbamates (subject to hydrolysis) is 1. The maximum Gasteiger partial charge on any atom is 0.407 e. The maximum absolute atomic E-state index is 11.0. The SMILES string of the molecule is CC(C)N1CCCCC1C1COC(=O)N1. The number of carbonyl (C=O) groups is 1. The molecule has 2 fully saturated rings. The molecule has 2 atom stereocenters. The molecule has 4 heteroatoms. The third-order valence-corrected chi connectivity index (χ3v) is 3.42. The van der Waals surface area contributed by atoms with E-state index in [1.807, 2.05) is 0 Å². The summed E-state index contributed by atoms with van der Waals surface area (Å²) in [6, 6.07) is 1.21. The number of hydrogen-bond donors (Lipinski definition) is 1. The molecular formula is C11H20N2O2. The molecule has 0 aromatic carbocycles. The van der Waals surface area contributed by atoms with Gasteiger partial charge in [-0.15, -0.1) is 0 Å². The highest BCUT2D eigenvalue weighted by molar-refractivity contribution is 5.69. The van der Waals surface area contributed by atoms with Crippen molar-refractivity contribution in [3.8, 4) is 0 Å². The zero-order valence-electron chi connectivity index (χ0n) is 9.53. The van der Waals surface area contributed by atoms with E-state index in [2.05, 4.69) is 24.1 Å². The number of rotatable bonds is 2. The zero-order chi connectivity index (χ0) is 10.8. The number of nitrogens with one attached hydrogen (secondary N) is 1. The van der Waals surface area contributed by atoms with Crippen LogP contribution in [0.4, 0.5) is 4.79 Å². The molecule has 0 aromatic rings. The molecule has 15 heavy (non-hydrogen) atoms. The van der Waals surface area contributed by atoms with Crippen molar-refractivity contribution in [2.75, 3.05) is 13.2 Å². The third-order valence-electron chi connectivity index (χ3n) is 3.42. The molecule has 2 saturated heterocycles. The monoisotopic (exact) mass is 212 g/mol. The van der Waals surface area contributed by atoms with Gasteiger partial charge in [-0.2, -0.15) is 0 Å². The molecule has 2 unspecified atom stereocenters. The molecule has 2 aliphatic heterocycles. The van der Waals surface area contributed by atoms with Gasteiger partial charge in [0.15, 0.2) is 0 Å². The van der Waals surface area contributed by atoms with Crippen LogP contribution in [-0.2, 0) is 4.74 Å². The molecule has 4 nitrogen and oxygen atoms in total. The first-order chi connectivity index (χ1) is 7.18. The molecule has 1 amide bonds. The fourth-order valence-electron chi connectivity index (χ4n) is 2.66. The second-order valence-corrected chi connectivity index (χ2v) is 4.74. The highest BCUT2D eigenvalue weighted by atomic mass is 16.6. The van der Waals surface area contributed by atoms with Crippen LogP contribution in [0.3, 0.4) is 0 Å². The molecule has 2 heterocycles. The van der Waals surface area contributed by atoms with Crippen LogP contribution in [0.15, 0.2) is 0 Å². The number of cyclic esters (lactones) is 1. The first-order valence-corrected chi connectivity index (χ1v) is 5.87. The van der Waals surface area contributed by atoms with Crippen LogP contribution in [0.2, 0.25) is 0 Å². The van der Waals surface area contributed by atoms with Gasteiger partial charge in [0.05, 0.1) is 6.04 Å². The fourth-order valence-corrected chi connectivity index (χ4v) is 2.66. The van der Waals surface area contributed by atoms with Gasteiger partial charge in [0.25, 0.3) is 0 Å². The maximum atomic E-state index is 11.0. The number of likely N-dealkylation sites (tertiary alicyclic amines) is 1. The van der Waals surface area contributed by atoms with E-state index in [0.29, 0.717) is 18.7 Å². The van der Waals surface area contributed by atoms with E-state index >= 15 is 0 Å². The molecular weight excluding hydrogens is 192 g/mol. The van der Waals surface area contributed by atoms with Gasteiger partial charge in [-0.1, -0.05) is 6.42 Å². The van der Waals surface area contributed by atoms with E-state index in [-0.39, 0.29) is 12.1 Å². The number of carbonyl (C=O) groups excluding carboxylic acids is 1. The van der Waals surface area contributed by atoms with E-state index < -0.39 is 0 Å². The summed E-state index contributed by atoms with van der Waals surface area (Å²) in [5.74, 6) is 0. The van der Waals surface area contributed by atoms with Crippen LogP contribution in [-0.4, -0.2) is 42.3 Å². The molecule has 0 radical (unpaired) electrons. The lowest BCUT2D eigenvalue weighted by Gasteiger charge is -2.40. The van der Waals surface area contributed by atoms with Gasteiger partial charge >= 0.3 is 6.09 Å². The first-order valence-electron chi connectivity index (χ1n) is 5.87. The van der Waals surface area contributed by atoms with Crippen LogP contribution >= 0.6 is 0 Å². The number of nitrogens with zero attached hydrogens (tertiary/aromatic N) is 1. The molecule has 0 saturated carbocycles. The Morgan fingerprint density at radius 2 is 2.27 bits per heavy atom. The Balaban J connectivity index is 2.01. The van der Waals surface area contributed by atoms with Crippen molar-refractivity contribution in [3.63, 3.8) is 0 Å². The van der Waals surface area contributed by atoms with Crippen LogP contribution in [0.25, 0.3) is 0 Å². The topological polar surface area (TPSA) is 41.6 Å². The largest absolute Gasteiger partial charge is 0.447 e. The third kappa shape index (κ3) is 2.25. The van der Waals surface area contributed by atoms with Crippen molar-refractivity contribution in [2.24, 2.45) is 0 Å². The average Bonchev–Trinajstić information content (AvgIpc) is 2.65. The van der Waals surface area contributed by atoms with Crippen molar-refractivity contribution < 1.29 is 9.53 Å². The van der Waals surface area contributed by atoms with Crippen LogP contribution in [0.5, 0.6) is 0 Å². The fraction of sp³-hybridized carbons (Fsp3) is 0.909. The van der Waals surface area contributed by atoms with Crippen molar-refractivity contribution in [3.05, 3.63) is 0 Å². The summed E-state index contributed by atoms with van der Waals surface area (Å²) < 4.78 is 4.97. The summed E-state index contributed by atoms with van der Waals surface area (Å²) in [5.41, 5.74) is 0. The Labute approximate surface area is 91.0 Å². The Morgan fingerprint density at radius 1 is 1.47 bits per heavy atom. The molecule has 0 aromatic heterocycles. The summed E-state index contributed by atoms with van der Waals surface area (Å²) in [5, 5.41) is 2.91. The van der Waals surface area contributed by atoms with E-state index in [1.165, 1.54) is 19.3 Å². The minimum atomic E-state index is -0.255. The summed E-state index contributed by atoms with van der Waals surface area (Å²) in [7, 11) is 0. The molecule has 0 spiro atoms. The standard InChI is InChI=1S/C11H20N2O2/c1-8(2)13-6-4-3-5-10(13)9-7-15-11(14)12-9/h8-10H,3-7H2,1-2H3,(H,12,14). The van der Waals surface area contributed by atoms with Crippen molar-refractivity contribution >= 4 is 6.09 Å². The van der Waals surface area contributed by atoms with Crippen LogP contribution < -0.4 is 5.32 Å². The smallest absolute Gasteiger partial charge is 0.407 e. The van der Waals surface area contributed by atoms with Crippen molar-refractivity contribution in [1.29, 1.82) is 0 Å². The second kappa shape index (κ2) is 4.39. The summed E-state index contributed by atoms with van der Waals surface area (Å²) in [6.07, 6.45) is 3.46.